The van der Waals surface area contributed by atoms with E-state index in [2.05, 4.69) is 17.3 Å². The van der Waals surface area contributed by atoms with E-state index in [1.54, 1.807) is 11.1 Å². The Kier molecular flexibility index (Phi) is 6.70. The van der Waals surface area contributed by atoms with Crippen molar-refractivity contribution in [2.75, 3.05) is 31.8 Å². The molecular weight excluding hydrogens is 460 g/mol. The van der Waals surface area contributed by atoms with Crippen molar-refractivity contribution in [2.24, 2.45) is 5.41 Å². The number of ether oxygens (including phenoxy) is 2. The molecule has 0 radical (unpaired) electrons. The monoisotopic (exact) mass is 494 g/mol. The van der Waals surface area contributed by atoms with E-state index in [0.717, 1.165) is 60.6 Å². The van der Waals surface area contributed by atoms with Crippen LogP contribution in [-0.4, -0.2) is 64.2 Å². The van der Waals surface area contributed by atoms with Gasteiger partial charge in [0.15, 0.2) is 0 Å². The number of aryl methyl sites for hydroxylation is 3. The van der Waals surface area contributed by atoms with Gasteiger partial charge < -0.3 is 19.4 Å². The first-order chi connectivity index (χ1) is 17.4. The largest absolute Gasteiger partial charge is 0.452 e. The molecule has 10 nitrogen and oxygen atoms in total. The lowest BCUT2D eigenvalue weighted by Gasteiger charge is -2.38. The van der Waals surface area contributed by atoms with Crippen LogP contribution in [0, 0.1) is 5.41 Å². The van der Waals surface area contributed by atoms with E-state index < -0.39 is 0 Å². The van der Waals surface area contributed by atoms with E-state index in [9.17, 15) is 9.59 Å². The van der Waals surface area contributed by atoms with Crippen molar-refractivity contribution in [3.8, 4) is 0 Å². The number of nitrogens with one attached hydrogen (secondary N) is 1. The van der Waals surface area contributed by atoms with Gasteiger partial charge in [0, 0.05) is 48.9 Å². The van der Waals surface area contributed by atoms with E-state index in [0.29, 0.717) is 19.5 Å². The molecule has 36 heavy (non-hydrogen) atoms. The quantitative estimate of drug-likeness (QED) is 0.517. The number of aromatic nitrogens is 4. The van der Waals surface area contributed by atoms with Gasteiger partial charge in [-0.3, -0.25) is 14.4 Å². The van der Waals surface area contributed by atoms with E-state index in [-0.39, 0.29) is 30.0 Å². The molecule has 0 saturated carbocycles. The average Bonchev–Trinajstić information content (AvgIpc) is 3.49. The zero-order chi connectivity index (χ0) is 25.3. The van der Waals surface area contributed by atoms with Gasteiger partial charge in [-0.05, 0) is 44.4 Å². The first-order valence-corrected chi connectivity index (χ1v) is 12.6. The number of anilines is 1. The Hall–Kier alpha value is -3.40. The predicted molar refractivity (Wildman–Crippen MR) is 135 cm³/mol. The summed E-state index contributed by atoms with van der Waals surface area (Å²) in [5.74, 6) is 0.785. The second-order valence-corrected chi connectivity index (χ2v) is 10.2. The van der Waals surface area contributed by atoms with Crippen LogP contribution in [0.25, 0.3) is 11.0 Å². The Morgan fingerprint density at radius 2 is 2.14 bits per heavy atom. The molecule has 2 aromatic heterocycles. The Morgan fingerprint density at radius 3 is 2.83 bits per heavy atom. The van der Waals surface area contributed by atoms with Crippen molar-refractivity contribution in [1.82, 2.24) is 24.6 Å². The Bertz CT molecular complexity index is 1250. The Balaban J connectivity index is 1.44. The highest BCUT2D eigenvalue weighted by molar-refractivity contribution is 5.95. The van der Waals surface area contributed by atoms with Crippen LogP contribution in [0.4, 0.5) is 10.5 Å². The number of hydrogen-bond donors (Lipinski definition) is 1. The van der Waals surface area contributed by atoms with Crippen molar-refractivity contribution < 1.29 is 19.1 Å². The summed E-state index contributed by atoms with van der Waals surface area (Å²) >= 11 is 0. The lowest BCUT2D eigenvalue weighted by Crippen LogP contribution is -2.42. The molecular formula is C26H34N6O4. The maximum Gasteiger partial charge on any atom is 0.414 e. The number of benzene rings is 1. The highest BCUT2D eigenvalue weighted by Gasteiger charge is 2.33. The number of methoxy groups -OCH3 is 1. The second-order valence-electron chi connectivity index (χ2n) is 10.2. The van der Waals surface area contributed by atoms with Crippen LogP contribution in [0.1, 0.15) is 38.1 Å². The van der Waals surface area contributed by atoms with Crippen molar-refractivity contribution >= 4 is 28.7 Å². The van der Waals surface area contributed by atoms with E-state index in [1.807, 2.05) is 40.6 Å². The molecule has 192 valence electrons. The molecule has 5 rings (SSSR count). The number of nitrogens with zero attached hydrogens (tertiary/aromatic N) is 5. The lowest BCUT2D eigenvalue weighted by molar-refractivity contribution is -0.123. The SMILES string of the molecule is COC(=O)N1c2ccc3c(nc(CCn4cccn4)n3CC(=O)NCCC3(C)COC3)c2CC[C@@H]1C. The molecule has 2 amide bonds. The van der Waals surface area contributed by atoms with E-state index in [4.69, 9.17) is 14.5 Å². The minimum atomic E-state index is -0.369. The first-order valence-electron chi connectivity index (χ1n) is 12.6. The van der Waals surface area contributed by atoms with Gasteiger partial charge in [-0.25, -0.2) is 9.78 Å². The number of rotatable bonds is 8. The van der Waals surface area contributed by atoms with Crippen molar-refractivity contribution in [1.29, 1.82) is 0 Å². The average molecular weight is 495 g/mol. The lowest BCUT2D eigenvalue weighted by atomic mass is 9.85. The molecule has 3 aromatic rings. The minimum Gasteiger partial charge on any atom is -0.452 e. The van der Waals surface area contributed by atoms with Crippen molar-refractivity contribution in [2.45, 2.75) is 58.7 Å². The second kappa shape index (κ2) is 9.93. The van der Waals surface area contributed by atoms with E-state index in [1.165, 1.54) is 7.11 Å². The number of amides is 2. The van der Waals surface area contributed by atoms with E-state index >= 15 is 0 Å². The summed E-state index contributed by atoms with van der Waals surface area (Å²) in [6.45, 7) is 7.17. The predicted octanol–water partition coefficient (Wildman–Crippen LogP) is 2.93. The summed E-state index contributed by atoms with van der Waals surface area (Å²) in [6, 6.07) is 5.85. The molecule has 0 aliphatic carbocycles. The fraction of sp³-hybridized carbons (Fsp3) is 0.538. The van der Waals surface area contributed by atoms with Gasteiger partial charge in [-0.15, -0.1) is 0 Å². The molecule has 2 aliphatic heterocycles. The zero-order valence-corrected chi connectivity index (χ0v) is 21.2. The van der Waals surface area contributed by atoms with Crippen LogP contribution >= 0.6 is 0 Å². The van der Waals surface area contributed by atoms with Gasteiger partial charge in [-0.2, -0.15) is 5.10 Å². The topological polar surface area (TPSA) is 104 Å². The molecule has 0 unspecified atom stereocenters. The summed E-state index contributed by atoms with van der Waals surface area (Å²) in [6.07, 6.45) is 6.45. The van der Waals surface area contributed by atoms with Gasteiger partial charge in [0.25, 0.3) is 0 Å². The third-order valence-corrected chi connectivity index (χ3v) is 7.34. The zero-order valence-electron chi connectivity index (χ0n) is 21.2. The fourth-order valence-corrected chi connectivity index (χ4v) is 5.17. The van der Waals surface area contributed by atoms with Crippen LogP contribution in [0.3, 0.4) is 0 Å². The fourth-order valence-electron chi connectivity index (χ4n) is 5.17. The van der Waals surface area contributed by atoms with Gasteiger partial charge >= 0.3 is 6.09 Å². The van der Waals surface area contributed by atoms with Gasteiger partial charge in [0.05, 0.1) is 37.0 Å². The molecule has 1 aromatic carbocycles. The number of fused-ring (bicyclic) bond motifs is 3. The molecule has 0 bridgehead atoms. The van der Waals surface area contributed by atoms with Crippen LogP contribution in [-0.2, 0) is 40.2 Å². The van der Waals surface area contributed by atoms with Gasteiger partial charge in [0.1, 0.15) is 12.4 Å². The van der Waals surface area contributed by atoms with Gasteiger partial charge in [-0.1, -0.05) is 6.92 Å². The summed E-state index contributed by atoms with van der Waals surface area (Å²) in [5, 5.41) is 7.38. The van der Waals surface area contributed by atoms with Crippen LogP contribution in [0.15, 0.2) is 30.6 Å². The minimum absolute atomic E-state index is 0.0393. The van der Waals surface area contributed by atoms with Crippen LogP contribution < -0.4 is 10.2 Å². The summed E-state index contributed by atoms with van der Waals surface area (Å²) in [7, 11) is 1.40. The number of hydrogen-bond acceptors (Lipinski definition) is 6. The molecule has 4 heterocycles. The van der Waals surface area contributed by atoms with Gasteiger partial charge in [0.2, 0.25) is 5.91 Å². The summed E-state index contributed by atoms with van der Waals surface area (Å²) < 4.78 is 14.2. The highest BCUT2D eigenvalue weighted by Crippen LogP contribution is 2.36. The molecule has 1 saturated heterocycles. The number of carbonyl (C=O) groups is 2. The highest BCUT2D eigenvalue weighted by atomic mass is 16.5. The van der Waals surface area contributed by atoms with Crippen LogP contribution in [0.5, 0.6) is 0 Å². The Labute approximate surface area is 210 Å². The normalized spacial score (nSPS) is 18.5. The third-order valence-electron chi connectivity index (χ3n) is 7.34. The maximum absolute atomic E-state index is 13.0. The summed E-state index contributed by atoms with van der Waals surface area (Å²) in [4.78, 5) is 32.2. The third kappa shape index (κ3) is 4.69. The standard InChI is InChI=1S/C26H34N6O4/c1-18-5-6-19-20(32(18)25(34)35-3)7-8-21-24(19)29-22(9-14-30-13-4-11-28-30)31(21)15-23(33)27-12-10-26(2)16-36-17-26/h4,7-8,11,13,18H,5-6,9-10,12,14-17H2,1-3H3,(H,27,33)/t18-/m0/s1. The molecule has 0 spiro atoms. The molecule has 1 atom stereocenters. The molecule has 1 N–H and O–H groups in total. The van der Waals surface area contributed by atoms with Crippen LogP contribution in [0.2, 0.25) is 0 Å². The smallest absolute Gasteiger partial charge is 0.414 e. The number of imidazole rings is 1. The number of carbonyl (C=O) groups excluding carboxylic acids is 2. The summed E-state index contributed by atoms with van der Waals surface area (Å²) in [5.41, 5.74) is 3.75. The molecule has 2 aliphatic rings. The molecule has 10 heteroatoms. The molecule has 1 fully saturated rings. The Morgan fingerprint density at radius 1 is 1.31 bits per heavy atom. The maximum atomic E-state index is 13.0. The van der Waals surface area contributed by atoms with Crippen molar-refractivity contribution in [3.63, 3.8) is 0 Å². The van der Waals surface area contributed by atoms with Crippen molar-refractivity contribution in [3.05, 3.63) is 42.0 Å². The first kappa shape index (κ1) is 24.3.